The van der Waals surface area contributed by atoms with Gasteiger partial charge < -0.3 is 10.1 Å². The average Bonchev–Trinajstić information content (AvgIpc) is 2.82. The number of ether oxygens (including phenoxy) is 1. The van der Waals surface area contributed by atoms with E-state index in [4.69, 9.17) is 27.9 Å². The molecule has 1 N–H and O–H groups in total. The fourth-order valence-electron chi connectivity index (χ4n) is 2.82. The van der Waals surface area contributed by atoms with Gasteiger partial charge in [0.15, 0.2) is 0 Å². The highest BCUT2D eigenvalue weighted by Crippen LogP contribution is 2.30. The molecule has 136 valence electrons. The van der Waals surface area contributed by atoms with E-state index in [-0.39, 0.29) is 19.1 Å². The molecule has 1 aliphatic rings. The fourth-order valence-corrected chi connectivity index (χ4v) is 3.15. The first-order chi connectivity index (χ1) is 12.3. The first-order valence-corrected chi connectivity index (χ1v) is 8.86. The summed E-state index contributed by atoms with van der Waals surface area (Å²) in [7, 11) is 0. The number of amides is 3. The van der Waals surface area contributed by atoms with E-state index in [2.05, 4.69) is 5.32 Å². The molecule has 0 saturated carbocycles. The molecule has 1 unspecified atom stereocenters. The molecule has 5 nitrogen and oxygen atoms in total. The third-order valence-electron chi connectivity index (χ3n) is 4.37. The molecule has 0 bridgehead atoms. The summed E-state index contributed by atoms with van der Waals surface area (Å²) in [5, 5.41) is 3.67. The number of rotatable bonds is 5. The van der Waals surface area contributed by atoms with Crippen LogP contribution in [0.4, 0.5) is 4.79 Å². The zero-order valence-corrected chi connectivity index (χ0v) is 15.9. The Morgan fingerprint density at radius 2 is 1.81 bits per heavy atom. The van der Waals surface area contributed by atoms with Crippen molar-refractivity contribution in [2.45, 2.75) is 19.4 Å². The highest BCUT2D eigenvalue weighted by Gasteiger charge is 2.48. The smallest absolute Gasteiger partial charge is 0.325 e. The Morgan fingerprint density at radius 3 is 2.50 bits per heavy atom. The van der Waals surface area contributed by atoms with Crippen molar-refractivity contribution in [3.63, 3.8) is 0 Å². The monoisotopic (exact) mass is 392 g/mol. The molecule has 3 amide bonds. The van der Waals surface area contributed by atoms with E-state index in [0.29, 0.717) is 15.8 Å². The second-order valence-electron chi connectivity index (χ2n) is 6.30. The quantitative estimate of drug-likeness (QED) is 0.777. The minimum atomic E-state index is -1.08. The molecule has 0 radical (unpaired) electrons. The summed E-state index contributed by atoms with van der Waals surface area (Å²) >= 11 is 12.0. The first kappa shape index (κ1) is 18.5. The van der Waals surface area contributed by atoms with Gasteiger partial charge >= 0.3 is 6.03 Å². The van der Waals surface area contributed by atoms with Crippen molar-refractivity contribution in [2.75, 3.05) is 13.2 Å². The number of urea groups is 1. The molecule has 1 aliphatic heterocycles. The Bertz CT molecular complexity index is 854. The van der Waals surface area contributed by atoms with Crippen molar-refractivity contribution in [2.24, 2.45) is 0 Å². The van der Waals surface area contributed by atoms with Crippen LogP contribution in [0.5, 0.6) is 5.75 Å². The van der Waals surface area contributed by atoms with Gasteiger partial charge in [-0.1, -0.05) is 53.0 Å². The van der Waals surface area contributed by atoms with Gasteiger partial charge in [-0.3, -0.25) is 9.69 Å². The molecule has 1 fully saturated rings. The van der Waals surface area contributed by atoms with Crippen LogP contribution in [-0.2, 0) is 10.3 Å². The molecule has 2 aromatic carbocycles. The van der Waals surface area contributed by atoms with Gasteiger partial charge in [-0.25, -0.2) is 4.79 Å². The van der Waals surface area contributed by atoms with Gasteiger partial charge in [-0.2, -0.15) is 0 Å². The zero-order chi connectivity index (χ0) is 18.9. The van der Waals surface area contributed by atoms with Crippen LogP contribution >= 0.6 is 23.2 Å². The predicted molar refractivity (Wildman–Crippen MR) is 101 cm³/mol. The van der Waals surface area contributed by atoms with E-state index in [1.807, 2.05) is 31.2 Å². The summed E-state index contributed by atoms with van der Waals surface area (Å²) in [5.74, 6) is 0.0969. The molecule has 0 aliphatic carbocycles. The number of imide groups is 1. The molecule has 1 atom stereocenters. The Morgan fingerprint density at radius 1 is 1.12 bits per heavy atom. The van der Waals surface area contributed by atoms with Crippen LogP contribution in [0.25, 0.3) is 0 Å². The lowest BCUT2D eigenvalue weighted by atomic mass is 9.91. The normalized spacial score (nSPS) is 19.6. The van der Waals surface area contributed by atoms with Crippen molar-refractivity contribution in [1.82, 2.24) is 10.2 Å². The van der Waals surface area contributed by atoms with E-state index < -0.39 is 11.6 Å². The van der Waals surface area contributed by atoms with E-state index in [0.717, 1.165) is 16.0 Å². The van der Waals surface area contributed by atoms with Crippen molar-refractivity contribution >= 4 is 35.1 Å². The van der Waals surface area contributed by atoms with Gasteiger partial charge in [-0.15, -0.1) is 0 Å². The predicted octanol–water partition coefficient (Wildman–Crippen LogP) is 4.15. The maximum absolute atomic E-state index is 12.8. The van der Waals surface area contributed by atoms with Gasteiger partial charge in [0.2, 0.25) is 0 Å². The standard InChI is InChI=1S/C19H18Cl2N2O3/c1-12-3-5-13(6-4-12)19(2)17(24)23(18(25)22-19)9-10-26-16-11-14(20)7-8-15(16)21/h3-8,11H,9-10H2,1-2H3,(H,22,25). The van der Waals surface area contributed by atoms with Crippen LogP contribution < -0.4 is 10.1 Å². The number of carbonyl (C=O) groups is 2. The highest BCUT2D eigenvalue weighted by molar-refractivity contribution is 6.34. The van der Waals surface area contributed by atoms with Crippen LogP contribution in [0.1, 0.15) is 18.1 Å². The molecular weight excluding hydrogens is 375 g/mol. The minimum absolute atomic E-state index is 0.106. The summed E-state index contributed by atoms with van der Waals surface area (Å²) < 4.78 is 5.58. The maximum Gasteiger partial charge on any atom is 0.325 e. The number of aryl methyl sites for hydroxylation is 1. The third kappa shape index (κ3) is 3.50. The van der Waals surface area contributed by atoms with Crippen molar-refractivity contribution < 1.29 is 14.3 Å². The van der Waals surface area contributed by atoms with E-state index in [9.17, 15) is 9.59 Å². The Balaban J connectivity index is 1.69. The Kier molecular flexibility index (Phi) is 5.12. The number of halogens is 2. The van der Waals surface area contributed by atoms with Gasteiger partial charge in [0.1, 0.15) is 17.9 Å². The molecule has 3 rings (SSSR count). The van der Waals surface area contributed by atoms with Crippen LogP contribution in [0, 0.1) is 6.92 Å². The van der Waals surface area contributed by atoms with Crippen molar-refractivity contribution in [1.29, 1.82) is 0 Å². The number of nitrogens with zero attached hydrogens (tertiary/aromatic N) is 1. The Hall–Kier alpha value is -2.24. The number of hydrogen-bond acceptors (Lipinski definition) is 3. The second kappa shape index (κ2) is 7.17. The lowest BCUT2D eigenvalue weighted by Gasteiger charge is -2.22. The summed E-state index contributed by atoms with van der Waals surface area (Å²) in [6.45, 7) is 3.89. The molecule has 26 heavy (non-hydrogen) atoms. The molecule has 0 aromatic heterocycles. The SMILES string of the molecule is Cc1ccc(C2(C)NC(=O)N(CCOc3cc(Cl)ccc3Cl)C2=O)cc1. The topological polar surface area (TPSA) is 58.6 Å². The van der Waals surface area contributed by atoms with Gasteiger partial charge in [0.05, 0.1) is 11.6 Å². The van der Waals surface area contributed by atoms with Crippen LogP contribution in [-0.4, -0.2) is 30.0 Å². The number of hydrogen-bond donors (Lipinski definition) is 1. The highest BCUT2D eigenvalue weighted by atomic mass is 35.5. The summed E-state index contributed by atoms with van der Waals surface area (Å²) in [6.07, 6.45) is 0. The number of carbonyl (C=O) groups excluding carboxylic acids is 2. The van der Waals surface area contributed by atoms with Gasteiger partial charge in [-0.05, 0) is 31.5 Å². The summed E-state index contributed by atoms with van der Waals surface area (Å²) in [4.78, 5) is 26.3. The lowest BCUT2D eigenvalue weighted by molar-refractivity contribution is -0.131. The summed E-state index contributed by atoms with van der Waals surface area (Å²) in [5.41, 5.74) is 0.735. The van der Waals surface area contributed by atoms with E-state index >= 15 is 0 Å². The van der Waals surface area contributed by atoms with Crippen molar-refractivity contribution in [3.05, 3.63) is 63.6 Å². The van der Waals surface area contributed by atoms with Crippen molar-refractivity contribution in [3.8, 4) is 5.75 Å². The number of benzene rings is 2. The molecule has 1 saturated heterocycles. The lowest BCUT2D eigenvalue weighted by Crippen LogP contribution is -2.41. The fraction of sp³-hybridized carbons (Fsp3) is 0.263. The largest absolute Gasteiger partial charge is 0.490 e. The van der Waals surface area contributed by atoms with Crippen LogP contribution in [0.15, 0.2) is 42.5 Å². The summed E-state index contributed by atoms with van der Waals surface area (Å²) in [6, 6.07) is 11.9. The first-order valence-electron chi connectivity index (χ1n) is 8.10. The maximum atomic E-state index is 12.8. The van der Waals surface area contributed by atoms with Gasteiger partial charge in [0, 0.05) is 11.1 Å². The van der Waals surface area contributed by atoms with Crippen LogP contribution in [0.2, 0.25) is 10.0 Å². The molecule has 2 aromatic rings. The number of nitrogens with one attached hydrogen (secondary N) is 1. The van der Waals surface area contributed by atoms with E-state index in [1.165, 1.54) is 0 Å². The zero-order valence-electron chi connectivity index (χ0n) is 14.4. The van der Waals surface area contributed by atoms with Crippen LogP contribution in [0.3, 0.4) is 0 Å². The minimum Gasteiger partial charge on any atom is -0.490 e. The van der Waals surface area contributed by atoms with E-state index in [1.54, 1.807) is 25.1 Å². The van der Waals surface area contributed by atoms with Gasteiger partial charge in [0.25, 0.3) is 5.91 Å². The second-order valence-corrected chi connectivity index (χ2v) is 7.14. The molecule has 1 heterocycles. The molecular formula is C19H18Cl2N2O3. The molecule has 0 spiro atoms. The Labute approximate surface area is 161 Å². The third-order valence-corrected chi connectivity index (χ3v) is 4.92. The molecule has 7 heteroatoms. The average molecular weight is 393 g/mol.